The summed E-state index contributed by atoms with van der Waals surface area (Å²) in [7, 11) is 0. The van der Waals surface area contributed by atoms with Gasteiger partial charge < -0.3 is 0 Å². The highest BCUT2D eigenvalue weighted by molar-refractivity contribution is 7.28. The molecule has 0 saturated heterocycles. The summed E-state index contributed by atoms with van der Waals surface area (Å²) in [5, 5.41) is 15.7. The van der Waals surface area contributed by atoms with Crippen LogP contribution in [0.5, 0.6) is 0 Å². The Morgan fingerprint density at radius 2 is 0.778 bits per heavy atom. The minimum absolute atomic E-state index is 1.23. The van der Waals surface area contributed by atoms with Crippen molar-refractivity contribution in [1.29, 1.82) is 0 Å². The predicted molar refractivity (Wildman–Crippen MR) is 239 cm³/mol. The number of fused-ring (bicyclic) bond motifs is 11. The van der Waals surface area contributed by atoms with Gasteiger partial charge in [0.2, 0.25) is 0 Å². The molecule has 250 valence electrons. The second kappa shape index (κ2) is 11.6. The molecule has 0 aliphatic carbocycles. The van der Waals surface area contributed by atoms with Gasteiger partial charge in [-0.25, -0.2) is 0 Å². The second-order valence-electron chi connectivity index (χ2n) is 14.4. The SMILES string of the molecule is c1ccc2c(-c3c4ccccc4c(-c4ccc(-c5ccc6sc7cc8sc9ccc%10ccccc%10c9c8cc7c6c5)cc4)c4ccccc34)cccc2c1. The van der Waals surface area contributed by atoms with Gasteiger partial charge in [-0.3, -0.25) is 0 Å². The van der Waals surface area contributed by atoms with Crippen LogP contribution < -0.4 is 0 Å². The first-order valence-electron chi connectivity index (χ1n) is 18.5. The molecule has 0 saturated carbocycles. The Morgan fingerprint density at radius 1 is 0.259 bits per heavy atom. The molecule has 0 fully saturated rings. The van der Waals surface area contributed by atoms with E-state index in [0.717, 1.165) is 0 Å². The third-order valence-electron chi connectivity index (χ3n) is 11.4. The van der Waals surface area contributed by atoms with Crippen LogP contribution >= 0.6 is 22.7 Å². The minimum Gasteiger partial charge on any atom is -0.135 e. The molecule has 0 amide bonds. The Balaban J connectivity index is 1.01. The summed E-state index contributed by atoms with van der Waals surface area (Å²) in [5.74, 6) is 0. The molecule has 0 aliphatic heterocycles. The topological polar surface area (TPSA) is 0 Å². The average molecular weight is 719 g/mol. The molecule has 12 aromatic rings. The van der Waals surface area contributed by atoms with Gasteiger partial charge in [0.25, 0.3) is 0 Å². The average Bonchev–Trinajstić information content (AvgIpc) is 3.79. The molecule has 0 bridgehead atoms. The molecular weight excluding hydrogens is 689 g/mol. The summed E-state index contributed by atoms with van der Waals surface area (Å²) in [6.07, 6.45) is 0. The van der Waals surface area contributed by atoms with Crippen molar-refractivity contribution in [3.8, 4) is 33.4 Å². The van der Waals surface area contributed by atoms with Gasteiger partial charge in [0.05, 0.1) is 0 Å². The highest BCUT2D eigenvalue weighted by Crippen LogP contribution is 2.47. The minimum atomic E-state index is 1.23. The van der Waals surface area contributed by atoms with Crippen molar-refractivity contribution in [3.05, 3.63) is 182 Å². The Labute approximate surface area is 319 Å². The fraction of sp³-hybridized carbons (Fsp3) is 0. The van der Waals surface area contributed by atoms with E-state index in [4.69, 9.17) is 0 Å². The van der Waals surface area contributed by atoms with E-state index in [1.165, 1.54) is 117 Å². The lowest BCUT2D eigenvalue weighted by Crippen LogP contribution is -1.91. The van der Waals surface area contributed by atoms with Crippen LogP contribution in [0.15, 0.2) is 182 Å². The highest BCUT2D eigenvalue weighted by Gasteiger charge is 2.18. The Bertz CT molecular complexity index is 3430. The van der Waals surface area contributed by atoms with Gasteiger partial charge in [0.1, 0.15) is 0 Å². The summed E-state index contributed by atoms with van der Waals surface area (Å²) < 4.78 is 5.41. The van der Waals surface area contributed by atoms with Gasteiger partial charge in [0.15, 0.2) is 0 Å². The lowest BCUT2D eigenvalue weighted by Gasteiger charge is -2.19. The standard InChI is InChI=1S/C52H30S2/c1-3-13-36-32(10-1)12-9-19-38(36)51-41-17-7-5-15-39(41)50(40-16-6-8-18-42(40)51)34-22-20-31(21-23-34)35-25-26-46-43(28-35)44-29-45-49(30-48(44)53-46)54-47-27-24-33-11-2-4-14-37(33)52(45)47/h1-30H. The highest BCUT2D eigenvalue weighted by atomic mass is 32.1. The third-order valence-corrected chi connectivity index (χ3v) is 13.7. The molecular formula is C52H30S2. The molecule has 2 heterocycles. The quantitative estimate of drug-likeness (QED) is 0.160. The van der Waals surface area contributed by atoms with Gasteiger partial charge in [-0.1, -0.05) is 152 Å². The van der Waals surface area contributed by atoms with Crippen LogP contribution in [0.3, 0.4) is 0 Å². The van der Waals surface area contributed by atoms with E-state index < -0.39 is 0 Å². The second-order valence-corrected chi connectivity index (χ2v) is 16.5. The smallest absolute Gasteiger partial charge is 0.0370 e. The summed E-state index contributed by atoms with van der Waals surface area (Å²) in [4.78, 5) is 0. The van der Waals surface area contributed by atoms with Crippen LogP contribution in [-0.2, 0) is 0 Å². The third kappa shape index (κ3) is 4.42. The van der Waals surface area contributed by atoms with E-state index in [2.05, 4.69) is 182 Å². The molecule has 0 spiro atoms. The number of thiophene rings is 2. The maximum atomic E-state index is 2.46. The maximum Gasteiger partial charge on any atom is 0.0370 e. The summed E-state index contributed by atoms with van der Waals surface area (Å²) in [6, 6.07) is 67.8. The number of rotatable bonds is 3. The van der Waals surface area contributed by atoms with Crippen molar-refractivity contribution in [1.82, 2.24) is 0 Å². The van der Waals surface area contributed by atoms with E-state index in [1.54, 1.807) is 0 Å². The molecule has 2 heteroatoms. The molecule has 0 unspecified atom stereocenters. The molecule has 0 aliphatic rings. The van der Waals surface area contributed by atoms with Crippen LogP contribution in [0, 0.1) is 0 Å². The van der Waals surface area contributed by atoms with Gasteiger partial charge >= 0.3 is 0 Å². The van der Waals surface area contributed by atoms with Gasteiger partial charge in [-0.05, 0) is 107 Å². The van der Waals surface area contributed by atoms with Crippen molar-refractivity contribution in [3.63, 3.8) is 0 Å². The molecule has 0 atom stereocenters. The molecule has 10 aromatic carbocycles. The first-order chi connectivity index (χ1) is 26.8. The van der Waals surface area contributed by atoms with Crippen molar-refractivity contribution >= 4 is 106 Å². The largest absolute Gasteiger partial charge is 0.135 e. The van der Waals surface area contributed by atoms with E-state index in [0.29, 0.717) is 0 Å². The molecule has 0 N–H and O–H groups in total. The monoisotopic (exact) mass is 718 g/mol. The molecule has 0 nitrogen and oxygen atoms in total. The van der Waals surface area contributed by atoms with Crippen molar-refractivity contribution < 1.29 is 0 Å². The number of benzene rings is 10. The summed E-state index contributed by atoms with van der Waals surface area (Å²) in [6.45, 7) is 0. The molecule has 12 rings (SSSR count). The normalized spacial score (nSPS) is 12.1. The van der Waals surface area contributed by atoms with E-state index in [-0.39, 0.29) is 0 Å². The first-order valence-corrected chi connectivity index (χ1v) is 20.1. The number of hydrogen-bond donors (Lipinski definition) is 0. The lowest BCUT2D eigenvalue weighted by atomic mass is 9.84. The Kier molecular flexibility index (Phi) is 6.48. The Hall–Kier alpha value is -6.32. The molecule has 0 radical (unpaired) electrons. The Morgan fingerprint density at radius 3 is 1.52 bits per heavy atom. The maximum absolute atomic E-state index is 2.46. The molecule has 2 aromatic heterocycles. The van der Waals surface area contributed by atoms with Crippen molar-refractivity contribution in [2.24, 2.45) is 0 Å². The van der Waals surface area contributed by atoms with Crippen LogP contribution in [0.25, 0.3) is 117 Å². The van der Waals surface area contributed by atoms with E-state index in [9.17, 15) is 0 Å². The van der Waals surface area contributed by atoms with Crippen LogP contribution in [0.4, 0.5) is 0 Å². The first kappa shape index (κ1) is 30.2. The van der Waals surface area contributed by atoms with Crippen molar-refractivity contribution in [2.75, 3.05) is 0 Å². The zero-order valence-corrected chi connectivity index (χ0v) is 30.8. The summed E-state index contributed by atoms with van der Waals surface area (Å²) in [5.41, 5.74) is 7.58. The van der Waals surface area contributed by atoms with Crippen molar-refractivity contribution in [2.45, 2.75) is 0 Å². The van der Waals surface area contributed by atoms with Gasteiger partial charge in [0, 0.05) is 40.3 Å². The van der Waals surface area contributed by atoms with Gasteiger partial charge in [-0.2, -0.15) is 0 Å². The predicted octanol–water partition coefficient (Wildman–Crippen LogP) is 16.0. The van der Waals surface area contributed by atoms with Gasteiger partial charge in [-0.15, -0.1) is 22.7 Å². The number of hydrogen-bond acceptors (Lipinski definition) is 2. The summed E-state index contributed by atoms with van der Waals surface area (Å²) >= 11 is 3.81. The zero-order chi connectivity index (χ0) is 35.3. The fourth-order valence-electron chi connectivity index (χ4n) is 9.00. The van der Waals surface area contributed by atoms with E-state index >= 15 is 0 Å². The molecule has 54 heavy (non-hydrogen) atoms. The van der Waals surface area contributed by atoms with Crippen LogP contribution in [0.1, 0.15) is 0 Å². The van der Waals surface area contributed by atoms with Crippen LogP contribution in [-0.4, -0.2) is 0 Å². The lowest BCUT2D eigenvalue weighted by molar-refractivity contribution is 1.64. The zero-order valence-electron chi connectivity index (χ0n) is 29.1. The fourth-order valence-corrected chi connectivity index (χ4v) is 11.3. The van der Waals surface area contributed by atoms with Crippen LogP contribution in [0.2, 0.25) is 0 Å². The van der Waals surface area contributed by atoms with E-state index in [1.807, 2.05) is 22.7 Å².